The summed E-state index contributed by atoms with van der Waals surface area (Å²) in [6, 6.07) is 5.79. The molecule has 94 valence electrons. The molecule has 0 radical (unpaired) electrons. The molecule has 0 bridgehead atoms. The van der Waals surface area contributed by atoms with E-state index in [1.807, 2.05) is 0 Å². The van der Waals surface area contributed by atoms with Gasteiger partial charge in [0.25, 0.3) is 0 Å². The lowest BCUT2D eigenvalue weighted by Gasteiger charge is -2.13. The van der Waals surface area contributed by atoms with Gasteiger partial charge in [0, 0.05) is 6.07 Å². The summed E-state index contributed by atoms with van der Waals surface area (Å²) in [4.78, 5) is 7.83. The summed E-state index contributed by atoms with van der Waals surface area (Å²) in [5.41, 5.74) is 1.65. The largest absolute Gasteiger partial charge is 0.481 e. The lowest BCUT2D eigenvalue weighted by molar-refractivity contribution is 0.213. The van der Waals surface area contributed by atoms with Crippen LogP contribution in [-0.2, 0) is 0 Å². The number of aliphatic hydroxyl groups excluding tert-OH is 1. The highest BCUT2D eigenvalue weighted by Gasteiger charge is 2.16. The Balaban J connectivity index is 2.40. The van der Waals surface area contributed by atoms with Crippen molar-refractivity contribution in [2.75, 3.05) is 7.11 Å². The quantitative estimate of drug-likeness (QED) is 0.902. The van der Waals surface area contributed by atoms with E-state index in [9.17, 15) is 9.50 Å². The number of aryl methyl sites for hydroxylation is 1. The van der Waals surface area contributed by atoms with Gasteiger partial charge >= 0.3 is 0 Å². The average molecular weight is 248 g/mol. The molecule has 5 heteroatoms. The number of halogens is 1. The van der Waals surface area contributed by atoms with Gasteiger partial charge in [0.15, 0.2) is 0 Å². The second kappa shape index (κ2) is 5.10. The van der Waals surface area contributed by atoms with Crippen LogP contribution in [0, 0.1) is 12.7 Å². The molecule has 2 rings (SSSR count). The number of nitrogens with zero attached hydrogens (tertiary/aromatic N) is 2. The van der Waals surface area contributed by atoms with Crippen molar-refractivity contribution in [3.8, 4) is 5.88 Å². The highest BCUT2D eigenvalue weighted by Crippen LogP contribution is 2.25. The van der Waals surface area contributed by atoms with Gasteiger partial charge in [-0.3, -0.25) is 0 Å². The lowest BCUT2D eigenvalue weighted by atomic mass is 10.0. The molecular weight excluding hydrogens is 235 g/mol. The summed E-state index contributed by atoms with van der Waals surface area (Å²) in [6.45, 7) is 1.80. The maximum atomic E-state index is 13.2. The van der Waals surface area contributed by atoms with Crippen LogP contribution in [0.5, 0.6) is 5.88 Å². The summed E-state index contributed by atoms with van der Waals surface area (Å²) in [6.07, 6.45) is 0.295. The van der Waals surface area contributed by atoms with Crippen LogP contribution in [0.2, 0.25) is 0 Å². The summed E-state index contributed by atoms with van der Waals surface area (Å²) in [7, 11) is 1.48. The summed E-state index contributed by atoms with van der Waals surface area (Å²) in [5.74, 6) is -0.0382. The lowest BCUT2D eigenvalue weighted by Crippen LogP contribution is -2.05. The Bertz CT molecular complexity index is 560. The monoisotopic (exact) mass is 248 g/mol. The molecule has 0 saturated carbocycles. The van der Waals surface area contributed by atoms with Crippen LogP contribution in [0.4, 0.5) is 4.39 Å². The first-order chi connectivity index (χ1) is 8.61. The molecule has 0 saturated heterocycles. The number of methoxy groups -OCH3 is 1. The van der Waals surface area contributed by atoms with E-state index in [4.69, 9.17) is 4.74 Å². The van der Waals surface area contributed by atoms with E-state index in [-0.39, 0.29) is 0 Å². The summed E-state index contributed by atoms with van der Waals surface area (Å²) >= 11 is 0. The molecule has 2 aromatic rings. The Morgan fingerprint density at radius 3 is 2.78 bits per heavy atom. The van der Waals surface area contributed by atoms with E-state index in [0.29, 0.717) is 17.1 Å². The average Bonchev–Trinajstić information content (AvgIpc) is 2.41. The first kappa shape index (κ1) is 12.4. The van der Waals surface area contributed by atoms with Crippen molar-refractivity contribution in [3.05, 3.63) is 53.2 Å². The predicted octanol–water partition coefficient (Wildman–Crippen LogP) is 2.01. The fourth-order valence-electron chi connectivity index (χ4n) is 1.68. The number of aliphatic hydroxyl groups is 1. The van der Waals surface area contributed by atoms with Crippen molar-refractivity contribution in [1.82, 2.24) is 9.97 Å². The highest BCUT2D eigenvalue weighted by molar-refractivity contribution is 5.34. The van der Waals surface area contributed by atoms with Crippen molar-refractivity contribution in [2.24, 2.45) is 0 Å². The SMILES string of the molecule is COc1cc(C(O)c2cc(F)ccc2C)ncn1. The van der Waals surface area contributed by atoms with Gasteiger partial charge in [0.05, 0.1) is 12.8 Å². The second-order valence-electron chi connectivity index (χ2n) is 3.89. The van der Waals surface area contributed by atoms with Crippen molar-refractivity contribution in [1.29, 1.82) is 0 Å². The van der Waals surface area contributed by atoms with E-state index in [2.05, 4.69) is 9.97 Å². The molecule has 4 nitrogen and oxygen atoms in total. The minimum absolute atomic E-state index is 0.355. The molecule has 1 unspecified atom stereocenters. The van der Waals surface area contributed by atoms with E-state index < -0.39 is 11.9 Å². The molecule has 1 aromatic carbocycles. The molecular formula is C13H13FN2O2. The van der Waals surface area contributed by atoms with Crippen LogP contribution < -0.4 is 4.74 Å². The third-order valence-corrected chi connectivity index (χ3v) is 2.69. The number of rotatable bonds is 3. The van der Waals surface area contributed by atoms with Crippen LogP contribution in [0.3, 0.4) is 0 Å². The van der Waals surface area contributed by atoms with E-state index in [0.717, 1.165) is 5.56 Å². The standard InChI is InChI=1S/C13H13FN2O2/c1-8-3-4-9(14)5-10(8)13(17)11-6-12(18-2)16-7-15-11/h3-7,13,17H,1-2H3. The minimum atomic E-state index is -1.00. The predicted molar refractivity (Wildman–Crippen MR) is 63.8 cm³/mol. The van der Waals surface area contributed by atoms with Gasteiger partial charge in [0.2, 0.25) is 5.88 Å². The molecule has 1 N–H and O–H groups in total. The minimum Gasteiger partial charge on any atom is -0.481 e. The molecule has 1 atom stereocenters. The van der Waals surface area contributed by atoms with Crippen LogP contribution in [0.15, 0.2) is 30.6 Å². The Morgan fingerprint density at radius 1 is 1.28 bits per heavy atom. The Labute approximate surface area is 104 Å². The Kier molecular flexibility index (Phi) is 3.53. The van der Waals surface area contributed by atoms with Gasteiger partial charge in [0.1, 0.15) is 18.2 Å². The number of aromatic nitrogens is 2. The van der Waals surface area contributed by atoms with E-state index >= 15 is 0 Å². The maximum absolute atomic E-state index is 13.2. The zero-order valence-electron chi connectivity index (χ0n) is 10.1. The van der Waals surface area contributed by atoms with Crippen molar-refractivity contribution < 1.29 is 14.2 Å². The number of benzene rings is 1. The number of hydrogen-bond acceptors (Lipinski definition) is 4. The van der Waals surface area contributed by atoms with Crippen LogP contribution in [-0.4, -0.2) is 22.2 Å². The molecule has 0 fully saturated rings. The second-order valence-corrected chi connectivity index (χ2v) is 3.89. The smallest absolute Gasteiger partial charge is 0.216 e. The third kappa shape index (κ3) is 2.46. The van der Waals surface area contributed by atoms with Gasteiger partial charge in [-0.1, -0.05) is 6.07 Å². The summed E-state index contributed by atoms with van der Waals surface area (Å²) in [5, 5.41) is 10.2. The van der Waals surface area contributed by atoms with Gasteiger partial charge in [-0.15, -0.1) is 0 Å². The van der Waals surface area contributed by atoms with Crippen molar-refractivity contribution >= 4 is 0 Å². The molecule has 0 amide bonds. The third-order valence-electron chi connectivity index (χ3n) is 2.69. The molecule has 18 heavy (non-hydrogen) atoms. The molecule has 0 aliphatic carbocycles. The zero-order valence-corrected chi connectivity index (χ0v) is 10.1. The fourth-order valence-corrected chi connectivity index (χ4v) is 1.68. The van der Waals surface area contributed by atoms with Crippen LogP contribution >= 0.6 is 0 Å². The Hall–Kier alpha value is -2.01. The van der Waals surface area contributed by atoms with Gasteiger partial charge in [-0.05, 0) is 30.2 Å². The molecule has 1 aromatic heterocycles. The normalized spacial score (nSPS) is 12.2. The molecule has 1 heterocycles. The summed E-state index contributed by atoms with van der Waals surface area (Å²) < 4.78 is 18.2. The van der Waals surface area contributed by atoms with Crippen molar-refractivity contribution in [2.45, 2.75) is 13.0 Å². The molecule has 0 aliphatic rings. The van der Waals surface area contributed by atoms with Crippen LogP contribution in [0.1, 0.15) is 22.9 Å². The van der Waals surface area contributed by atoms with E-state index in [1.165, 1.54) is 31.6 Å². The first-order valence-electron chi connectivity index (χ1n) is 5.42. The fraction of sp³-hybridized carbons (Fsp3) is 0.231. The van der Waals surface area contributed by atoms with Gasteiger partial charge < -0.3 is 9.84 Å². The topological polar surface area (TPSA) is 55.2 Å². The van der Waals surface area contributed by atoms with Crippen LogP contribution in [0.25, 0.3) is 0 Å². The highest BCUT2D eigenvalue weighted by atomic mass is 19.1. The van der Waals surface area contributed by atoms with Gasteiger partial charge in [-0.25, -0.2) is 14.4 Å². The molecule has 0 spiro atoms. The first-order valence-corrected chi connectivity index (χ1v) is 5.42. The van der Waals surface area contributed by atoms with Gasteiger partial charge in [-0.2, -0.15) is 0 Å². The molecule has 0 aliphatic heterocycles. The number of ether oxygens (including phenoxy) is 1. The number of hydrogen-bond donors (Lipinski definition) is 1. The zero-order chi connectivity index (χ0) is 13.1. The van der Waals surface area contributed by atoms with Crippen molar-refractivity contribution in [3.63, 3.8) is 0 Å². The Morgan fingerprint density at radius 2 is 2.06 bits per heavy atom. The maximum Gasteiger partial charge on any atom is 0.216 e. The van der Waals surface area contributed by atoms with E-state index in [1.54, 1.807) is 13.0 Å².